The molecule has 0 atom stereocenters. The number of hydrogen-bond donors (Lipinski definition) is 2. The molecular formula is C16H31IN4S. The number of thiazole rings is 1. The van der Waals surface area contributed by atoms with Crippen molar-refractivity contribution >= 4 is 41.3 Å². The van der Waals surface area contributed by atoms with Gasteiger partial charge >= 0.3 is 0 Å². The summed E-state index contributed by atoms with van der Waals surface area (Å²) in [6.07, 6.45) is 8.48. The molecule has 0 radical (unpaired) electrons. The molecule has 0 unspecified atom stereocenters. The lowest BCUT2D eigenvalue weighted by atomic mass is 10.0. The number of aliphatic imine (C=N–C) groups is 1. The van der Waals surface area contributed by atoms with Gasteiger partial charge in [-0.05, 0) is 19.3 Å². The van der Waals surface area contributed by atoms with Crippen molar-refractivity contribution in [1.29, 1.82) is 0 Å². The largest absolute Gasteiger partial charge is 0.356 e. The van der Waals surface area contributed by atoms with Crippen LogP contribution >= 0.6 is 35.3 Å². The van der Waals surface area contributed by atoms with Crippen molar-refractivity contribution < 1.29 is 0 Å². The summed E-state index contributed by atoms with van der Waals surface area (Å²) in [4.78, 5) is 9.74. The van der Waals surface area contributed by atoms with Crippen LogP contribution in [0.1, 0.15) is 55.8 Å². The minimum absolute atomic E-state index is 0. The number of guanidine groups is 1. The Hall–Kier alpha value is -0.370. The van der Waals surface area contributed by atoms with Gasteiger partial charge in [-0.3, -0.25) is 4.99 Å². The highest BCUT2D eigenvalue weighted by molar-refractivity contribution is 14.0. The van der Waals surface area contributed by atoms with Gasteiger partial charge < -0.3 is 10.6 Å². The highest BCUT2D eigenvalue weighted by Crippen LogP contribution is 2.10. The summed E-state index contributed by atoms with van der Waals surface area (Å²) in [5, 5.41) is 7.80. The van der Waals surface area contributed by atoms with Crippen LogP contribution < -0.4 is 10.6 Å². The van der Waals surface area contributed by atoms with Crippen LogP contribution in [0.3, 0.4) is 0 Å². The van der Waals surface area contributed by atoms with Crippen molar-refractivity contribution in [2.45, 2.75) is 59.4 Å². The lowest BCUT2D eigenvalue weighted by molar-refractivity contribution is 0.518. The smallest absolute Gasteiger partial charge is 0.191 e. The standard InChI is InChI=1S/C16H30N4S.HI/c1-13(2)9-7-5-6-8-10-18-16(17-4)20-12-15-11-19-14(3)21-15;/h11,13H,5-10,12H2,1-4H3,(H2,17,18,20);1H. The third-order valence-electron chi connectivity index (χ3n) is 3.32. The maximum atomic E-state index is 4.25. The first-order valence-electron chi connectivity index (χ1n) is 7.97. The van der Waals surface area contributed by atoms with E-state index in [0.717, 1.165) is 30.0 Å². The van der Waals surface area contributed by atoms with Gasteiger partial charge in [0.1, 0.15) is 0 Å². The Balaban J connectivity index is 0.00000441. The fourth-order valence-electron chi connectivity index (χ4n) is 2.12. The number of rotatable bonds is 9. The average Bonchev–Trinajstić information content (AvgIpc) is 2.86. The molecule has 0 saturated heterocycles. The second-order valence-electron chi connectivity index (χ2n) is 5.79. The van der Waals surface area contributed by atoms with Crippen molar-refractivity contribution in [1.82, 2.24) is 15.6 Å². The van der Waals surface area contributed by atoms with Gasteiger partial charge in [0, 0.05) is 24.7 Å². The van der Waals surface area contributed by atoms with E-state index in [4.69, 9.17) is 0 Å². The van der Waals surface area contributed by atoms with E-state index in [1.807, 2.05) is 20.2 Å². The van der Waals surface area contributed by atoms with Crippen LogP contribution in [0.5, 0.6) is 0 Å². The Kier molecular flexibility index (Phi) is 12.9. The number of aryl methyl sites for hydroxylation is 1. The summed E-state index contributed by atoms with van der Waals surface area (Å²) in [5.41, 5.74) is 0. The summed E-state index contributed by atoms with van der Waals surface area (Å²) >= 11 is 1.72. The predicted octanol–water partition coefficient (Wildman–Crippen LogP) is 4.34. The molecule has 0 aliphatic heterocycles. The molecule has 0 aliphatic rings. The Labute approximate surface area is 156 Å². The molecule has 0 bridgehead atoms. The highest BCUT2D eigenvalue weighted by Gasteiger charge is 2.01. The minimum Gasteiger partial charge on any atom is -0.356 e. The summed E-state index contributed by atoms with van der Waals surface area (Å²) in [6, 6.07) is 0. The molecule has 1 heterocycles. The van der Waals surface area contributed by atoms with Gasteiger partial charge in [-0.15, -0.1) is 35.3 Å². The first-order valence-corrected chi connectivity index (χ1v) is 8.79. The summed E-state index contributed by atoms with van der Waals surface area (Å²) in [7, 11) is 1.82. The summed E-state index contributed by atoms with van der Waals surface area (Å²) < 4.78 is 0. The normalized spacial score (nSPS) is 11.4. The molecule has 0 spiro atoms. The van der Waals surface area contributed by atoms with Gasteiger partial charge in [-0.2, -0.15) is 0 Å². The van der Waals surface area contributed by atoms with Crippen LogP contribution in [0, 0.1) is 12.8 Å². The Morgan fingerprint density at radius 2 is 1.95 bits per heavy atom. The number of nitrogens with zero attached hydrogens (tertiary/aromatic N) is 2. The van der Waals surface area contributed by atoms with Gasteiger partial charge in [0.2, 0.25) is 0 Å². The van der Waals surface area contributed by atoms with Gasteiger partial charge in [-0.25, -0.2) is 4.98 Å². The van der Waals surface area contributed by atoms with Crippen LogP contribution in [0.2, 0.25) is 0 Å². The molecule has 128 valence electrons. The van der Waals surface area contributed by atoms with Crippen LogP contribution in [0.15, 0.2) is 11.2 Å². The van der Waals surface area contributed by atoms with E-state index >= 15 is 0 Å². The number of hydrogen-bond acceptors (Lipinski definition) is 3. The van der Waals surface area contributed by atoms with Crippen molar-refractivity contribution in [3.8, 4) is 0 Å². The van der Waals surface area contributed by atoms with Gasteiger partial charge in [0.15, 0.2) is 5.96 Å². The molecule has 2 N–H and O–H groups in total. The minimum atomic E-state index is 0. The van der Waals surface area contributed by atoms with E-state index < -0.39 is 0 Å². The quantitative estimate of drug-likeness (QED) is 0.261. The fraction of sp³-hybridized carbons (Fsp3) is 0.750. The molecule has 0 aromatic carbocycles. The van der Waals surface area contributed by atoms with E-state index in [9.17, 15) is 0 Å². The van der Waals surface area contributed by atoms with E-state index in [1.54, 1.807) is 11.3 Å². The predicted molar refractivity (Wildman–Crippen MR) is 108 cm³/mol. The maximum absolute atomic E-state index is 4.25. The third kappa shape index (κ3) is 10.4. The number of halogens is 1. The SMILES string of the molecule is CN=C(NCCCCCCC(C)C)NCc1cnc(C)s1.I. The number of nitrogens with one attached hydrogen (secondary N) is 2. The van der Waals surface area contributed by atoms with Gasteiger partial charge in [0.25, 0.3) is 0 Å². The van der Waals surface area contributed by atoms with Gasteiger partial charge in [-0.1, -0.05) is 39.5 Å². The first kappa shape index (κ1) is 21.6. The van der Waals surface area contributed by atoms with Crippen LogP contribution in [0.25, 0.3) is 0 Å². The molecule has 0 amide bonds. The lowest BCUT2D eigenvalue weighted by Gasteiger charge is -2.11. The van der Waals surface area contributed by atoms with Crippen LogP contribution in [-0.2, 0) is 6.54 Å². The van der Waals surface area contributed by atoms with Crippen molar-refractivity contribution in [2.24, 2.45) is 10.9 Å². The summed E-state index contributed by atoms with van der Waals surface area (Å²) in [6.45, 7) is 8.40. The lowest BCUT2D eigenvalue weighted by Crippen LogP contribution is -2.37. The Morgan fingerprint density at radius 1 is 1.23 bits per heavy atom. The zero-order valence-corrected chi connectivity index (χ0v) is 17.5. The van der Waals surface area contributed by atoms with E-state index in [1.165, 1.54) is 37.0 Å². The molecular weight excluding hydrogens is 407 g/mol. The molecule has 0 aliphatic carbocycles. The molecule has 1 aromatic heterocycles. The first-order chi connectivity index (χ1) is 10.1. The second kappa shape index (κ2) is 13.1. The monoisotopic (exact) mass is 438 g/mol. The Morgan fingerprint density at radius 3 is 2.55 bits per heavy atom. The van der Waals surface area contributed by atoms with Crippen molar-refractivity contribution in [3.63, 3.8) is 0 Å². The van der Waals surface area contributed by atoms with Crippen LogP contribution in [0.4, 0.5) is 0 Å². The van der Waals surface area contributed by atoms with E-state index in [2.05, 4.69) is 34.5 Å². The van der Waals surface area contributed by atoms with Crippen molar-refractivity contribution in [2.75, 3.05) is 13.6 Å². The molecule has 1 aromatic rings. The number of unbranched alkanes of at least 4 members (excludes halogenated alkanes) is 3. The Bertz CT molecular complexity index is 418. The van der Waals surface area contributed by atoms with Crippen LogP contribution in [-0.4, -0.2) is 24.5 Å². The maximum Gasteiger partial charge on any atom is 0.191 e. The highest BCUT2D eigenvalue weighted by atomic mass is 127. The molecule has 0 saturated carbocycles. The summed E-state index contributed by atoms with van der Waals surface area (Å²) in [5.74, 6) is 1.71. The molecule has 1 rings (SSSR count). The van der Waals surface area contributed by atoms with Gasteiger partial charge in [0.05, 0.1) is 11.6 Å². The zero-order chi connectivity index (χ0) is 15.5. The van der Waals surface area contributed by atoms with Crippen molar-refractivity contribution in [3.05, 3.63) is 16.1 Å². The third-order valence-corrected chi connectivity index (χ3v) is 4.24. The van der Waals surface area contributed by atoms with E-state index in [0.29, 0.717) is 0 Å². The van der Waals surface area contributed by atoms with E-state index in [-0.39, 0.29) is 24.0 Å². The molecule has 6 heteroatoms. The number of aromatic nitrogens is 1. The second-order valence-corrected chi connectivity index (χ2v) is 7.11. The molecule has 22 heavy (non-hydrogen) atoms. The fourth-order valence-corrected chi connectivity index (χ4v) is 2.85. The zero-order valence-electron chi connectivity index (χ0n) is 14.3. The topological polar surface area (TPSA) is 49.3 Å². The average molecular weight is 438 g/mol. The molecule has 0 fully saturated rings. The molecule has 4 nitrogen and oxygen atoms in total.